The predicted molar refractivity (Wildman–Crippen MR) is 163 cm³/mol. The summed E-state index contributed by atoms with van der Waals surface area (Å²) >= 11 is 1.88. The lowest BCUT2D eigenvalue weighted by molar-refractivity contribution is 1.64. The highest BCUT2D eigenvalue weighted by Crippen LogP contribution is 2.46. The van der Waals surface area contributed by atoms with E-state index in [1.54, 1.807) is 0 Å². The van der Waals surface area contributed by atoms with Crippen molar-refractivity contribution < 1.29 is 0 Å². The van der Waals surface area contributed by atoms with E-state index in [0.29, 0.717) is 0 Å². The van der Waals surface area contributed by atoms with Crippen LogP contribution in [0.2, 0.25) is 0 Å². The summed E-state index contributed by atoms with van der Waals surface area (Å²) in [5.74, 6) is 0. The minimum atomic E-state index is 1.25. The van der Waals surface area contributed by atoms with Gasteiger partial charge >= 0.3 is 0 Å². The van der Waals surface area contributed by atoms with E-state index in [9.17, 15) is 0 Å². The molecule has 0 spiro atoms. The van der Waals surface area contributed by atoms with Crippen molar-refractivity contribution in [1.29, 1.82) is 0 Å². The molecular weight excluding hydrogens is 464 g/mol. The van der Waals surface area contributed by atoms with Crippen LogP contribution in [0.15, 0.2) is 133 Å². The van der Waals surface area contributed by atoms with Gasteiger partial charge in [0.2, 0.25) is 0 Å². The molecule has 0 saturated carbocycles. The van der Waals surface area contributed by atoms with Gasteiger partial charge in [-0.2, -0.15) is 0 Å². The third-order valence-electron chi connectivity index (χ3n) is 7.66. The lowest BCUT2D eigenvalue weighted by atomic mass is 9.88. The first-order chi connectivity index (χ1) is 18.4. The number of thiophene rings is 1. The van der Waals surface area contributed by atoms with Crippen LogP contribution in [0.5, 0.6) is 0 Å². The summed E-state index contributed by atoms with van der Waals surface area (Å²) in [5, 5.41) is 10.5. The minimum absolute atomic E-state index is 1.25. The van der Waals surface area contributed by atoms with Crippen LogP contribution in [0, 0.1) is 0 Å². The fourth-order valence-electron chi connectivity index (χ4n) is 6.04. The summed E-state index contributed by atoms with van der Waals surface area (Å²) in [6.07, 6.45) is 0. The maximum atomic E-state index is 2.41. The Morgan fingerprint density at radius 3 is 1.62 bits per heavy atom. The lowest BCUT2D eigenvalue weighted by Crippen LogP contribution is -1.88. The molecule has 8 rings (SSSR count). The molecule has 37 heavy (non-hydrogen) atoms. The zero-order valence-electron chi connectivity index (χ0n) is 20.1. The molecule has 0 atom stereocenters. The quantitative estimate of drug-likeness (QED) is 0.213. The number of rotatable bonds is 2. The van der Waals surface area contributed by atoms with Gasteiger partial charge in [-0.3, -0.25) is 0 Å². The first-order valence-electron chi connectivity index (χ1n) is 12.7. The summed E-state index contributed by atoms with van der Waals surface area (Å²) in [7, 11) is 0. The molecule has 0 saturated heterocycles. The van der Waals surface area contributed by atoms with E-state index in [1.165, 1.54) is 74.7 Å². The Hall–Kier alpha value is -4.46. The van der Waals surface area contributed by atoms with Gasteiger partial charge in [-0.25, -0.2) is 0 Å². The van der Waals surface area contributed by atoms with Crippen LogP contribution in [0.3, 0.4) is 0 Å². The fraction of sp³-hybridized carbons (Fsp3) is 0. The third kappa shape index (κ3) is 3.08. The van der Waals surface area contributed by atoms with Crippen molar-refractivity contribution in [1.82, 2.24) is 0 Å². The van der Waals surface area contributed by atoms with Gasteiger partial charge in [0.15, 0.2) is 0 Å². The Labute approximate surface area is 219 Å². The first kappa shape index (κ1) is 20.7. The van der Waals surface area contributed by atoms with Crippen LogP contribution < -0.4 is 0 Å². The summed E-state index contributed by atoms with van der Waals surface area (Å²) in [4.78, 5) is 0. The largest absolute Gasteiger partial charge is 0.135 e. The Balaban J connectivity index is 1.51. The van der Waals surface area contributed by atoms with Crippen LogP contribution in [0.1, 0.15) is 0 Å². The van der Waals surface area contributed by atoms with E-state index >= 15 is 0 Å². The zero-order valence-corrected chi connectivity index (χ0v) is 20.9. The molecule has 8 aromatic rings. The molecule has 0 radical (unpaired) electrons. The second-order valence-corrected chi connectivity index (χ2v) is 10.8. The van der Waals surface area contributed by atoms with Gasteiger partial charge in [-0.1, -0.05) is 115 Å². The van der Waals surface area contributed by atoms with Gasteiger partial charge < -0.3 is 0 Å². The molecule has 0 amide bonds. The third-order valence-corrected chi connectivity index (χ3v) is 8.80. The molecule has 1 heteroatoms. The molecule has 7 aromatic carbocycles. The molecule has 1 heterocycles. The van der Waals surface area contributed by atoms with Gasteiger partial charge in [0, 0.05) is 20.2 Å². The Morgan fingerprint density at radius 1 is 0.351 bits per heavy atom. The number of hydrogen-bond donors (Lipinski definition) is 0. The second kappa shape index (κ2) is 8.03. The molecule has 0 aliphatic carbocycles. The molecule has 0 aliphatic heterocycles. The maximum Gasteiger partial charge on any atom is 0.0362 e. The molecule has 0 fully saturated rings. The average molecular weight is 487 g/mol. The Morgan fingerprint density at radius 2 is 0.919 bits per heavy atom. The van der Waals surface area contributed by atoms with Gasteiger partial charge in [-0.05, 0) is 72.8 Å². The highest BCUT2D eigenvalue weighted by Gasteiger charge is 2.17. The van der Waals surface area contributed by atoms with E-state index in [0.717, 1.165) is 0 Å². The summed E-state index contributed by atoms with van der Waals surface area (Å²) in [6, 6.07) is 49.0. The van der Waals surface area contributed by atoms with Crippen molar-refractivity contribution >= 4 is 63.8 Å². The van der Waals surface area contributed by atoms with Crippen molar-refractivity contribution in [2.75, 3.05) is 0 Å². The number of fused-ring (bicyclic) bond motifs is 9. The SMILES string of the molecule is c1ccc(-c2c(-c3ccc4c5ccccc5c5ccccc5c4c3)ccc3sc4ccccc4c23)cc1. The van der Waals surface area contributed by atoms with Crippen molar-refractivity contribution in [3.63, 3.8) is 0 Å². The van der Waals surface area contributed by atoms with Crippen molar-refractivity contribution in [3.8, 4) is 22.3 Å². The van der Waals surface area contributed by atoms with E-state index in [-0.39, 0.29) is 0 Å². The fourth-order valence-corrected chi connectivity index (χ4v) is 7.15. The highest BCUT2D eigenvalue weighted by molar-refractivity contribution is 7.26. The van der Waals surface area contributed by atoms with Crippen LogP contribution >= 0.6 is 11.3 Å². The van der Waals surface area contributed by atoms with Crippen LogP contribution in [-0.2, 0) is 0 Å². The number of benzene rings is 7. The van der Waals surface area contributed by atoms with Crippen LogP contribution in [0.25, 0.3) is 74.7 Å². The first-order valence-corrected chi connectivity index (χ1v) is 13.5. The topological polar surface area (TPSA) is 0 Å². The smallest absolute Gasteiger partial charge is 0.0362 e. The predicted octanol–water partition coefficient (Wildman–Crippen LogP) is 10.8. The molecule has 0 bridgehead atoms. The molecular formula is C36H22S. The van der Waals surface area contributed by atoms with Gasteiger partial charge in [0.1, 0.15) is 0 Å². The van der Waals surface area contributed by atoms with E-state index < -0.39 is 0 Å². The Bertz CT molecular complexity index is 2100. The molecule has 0 unspecified atom stereocenters. The molecule has 1 aromatic heterocycles. The van der Waals surface area contributed by atoms with Gasteiger partial charge in [0.05, 0.1) is 0 Å². The number of hydrogen-bond acceptors (Lipinski definition) is 1. The van der Waals surface area contributed by atoms with Crippen LogP contribution in [-0.4, -0.2) is 0 Å². The Kier molecular flexibility index (Phi) is 4.49. The molecule has 0 N–H and O–H groups in total. The van der Waals surface area contributed by atoms with E-state index in [1.807, 2.05) is 11.3 Å². The summed E-state index contributed by atoms with van der Waals surface area (Å²) < 4.78 is 2.67. The monoisotopic (exact) mass is 486 g/mol. The average Bonchev–Trinajstić information content (AvgIpc) is 3.36. The zero-order chi connectivity index (χ0) is 24.3. The van der Waals surface area contributed by atoms with Crippen molar-refractivity contribution in [2.24, 2.45) is 0 Å². The second-order valence-electron chi connectivity index (χ2n) is 9.68. The maximum absolute atomic E-state index is 2.41. The van der Waals surface area contributed by atoms with E-state index in [2.05, 4.69) is 133 Å². The van der Waals surface area contributed by atoms with Crippen molar-refractivity contribution in [3.05, 3.63) is 133 Å². The normalized spacial score (nSPS) is 11.8. The van der Waals surface area contributed by atoms with Crippen LogP contribution in [0.4, 0.5) is 0 Å². The summed E-state index contributed by atoms with van der Waals surface area (Å²) in [5.41, 5.74) is 5.11. The highest BCUT2D eigenvalue weighted by atomic mass is 32.1. The molecule has 172 valence electrons. The van der Waals surface area contributed by atoms with E-state index in [4.69, 9.17) is 0 Å². The molecule has 0 aliphatic rings. The summed E-state index contributed by atoms with van der Waals surface area (Å²) in [6.45, 7) is 0. The lowest BCUT2D eigenvalue weighted by Gasteiger charge is -2.15. The van der Waals surface area contributed by atoms with Crippen molar-refractivity contribution in [2.45, 2.75) is 0 Å². The van der Waals surface area contributed by atoms with Gasteiger partial charge in [0.25, 0.3) is 0 Å². The minimum Gasteiger partial charge on any atom is -0.135 e. The molecule has 0 nitrogen and oxygen atoms in total. The standard InChI is InChI=1S/C36H22S/c1-2-10-23(11-3-1)35-25(20-21-34-36(35)31-16-8-9-17-33(31)37-34)24-18-19-30-28-14-5-4-12-26(28)27-13-6-7-15-29(27)32(30)22-24/h1-22H. The van der Waals surface area contributed by atoms with Gasteiger partial charge in [-0.15, -0.1) is 11.3 Å².